The maximum Gasteiger partial charge on any atom is 0.337 e. The summed E-state index contributed by atoms with van der Waals surface area (Å²) in [4.78, 5) is 26.2. The molecule has 1 aliphatic heterocycles. The third-order valence-corrected chi connectivity index (χ3v) is 4.32. The van der Waals surface area contributed by atoms with Crippen molar-refractivity contribution in [2.45, 2.75) is 13.5 Å². The lowest BCUT2D eigenvalue weighted by Gasteiger charge is -2.31. The number of aryl methyl sites for hydroxylation is 1. The maximum absolute atomic E-state index is 12.7. The molecule has 0 radical (unpaired) electrons. The van der Waals surface area contributed by atoms with Gasteiger partial charge in [-0.15, -0.1) is 0 Å². The van der Waals surface area contributed by atoms with Crippen LogP contribution in [0.5, 0.6) is 5.75 Å². The third kappa shape index (κ3) is 4.01. The number of carbonyl (C=O) groups is 2. The molecular weight excluding hydrogens is 366 g/mol. The van der Waals surface area contributed by atoms with Gasteiger partial charge in [-0.2, -0.15) is 0 Å². The number of hydrogen-bond donors (Lipinski definition) is 2. The Morgan fingerprint density at radius 1 is 1.30 bits per heavy atom. The first-order chi connectivity index (χ1) is 12.9. The Bertz CT molecular complexity index is 929. The van der Waals surface area contributed by atoms with Crippen molar-refractivity contribution in [2.75, 3.05) is 23.9 Å². The van der Waals surface area contributed by atoms with E-state index in [0.717, 1.165) is 16.8 Å². The summed E-state index contributed by atoms with van der Waals surface area (Å²) in [6, 6.07) is 10.2. The van der Waals surface area contributed by atoms with Gasteiger partial charge in [-0.3, -0.25) is 4.90 Å². The minimum absolute atomic E-state index is 0.128. The Morgan fingerprint density at radius 2 is 2.07 bits per heavy atom. The fraction of sp³-hybridized carbons (Fsp3) is 0.211. The standard InChI is InChI=1S/C19H19N3O4S/c1-11-3-6-14(26-10-17(20)27)8-16(11)22-9-13-5-4-12(18(23)25-2)7-15(13)21-19(22)24/h3-8H,9-10H2,1-2H3,(H2,20,27)(H,21,24). The molecule has 0 aromatic heterocycles. The zero-order chi connectivity index (χ0) is 19.6. The first kappa shape index (κ1) is 18.7. The van der Waals surface area contributed by atoms with E-state index < -0.39 is 5.97 Å². The molecule has 0 atom stereocenters. The van der Waals surface area contributed by atoms with Crippen LogP contribution in [0.25, 0.3) is 0 Å². The molecule has 3 rings (SSSR count). The summed E-state index contributed by atoms with van der Waals surface area (Å²) in [5.74, 6) is 0.121. The number of thiocarbonyl (C=S) groups is 1. The fourth-order valence-electron chi connectivity index (χ4n) is 2.82. The van der Waals surface area contributed by atoms with Crippen LogP contribution in [0.15, 0.2) is 36.4 Å². The van der Waals surface area contributed by atoms with Crippen molar-refractivity contribution in [2.24, 2.45) is 5.73 Å². The molecule has 2 aromatic carbocycles. The zero-order valence-corrected chi connectivity index (χ0v) is 15.8. The van der Waals surface area contributed by atoms with Crippen LogP contribution in [0.4, 0.5) is 16.2 Å². The van der Waals surface area contributed by atoms with Gasteiger partial charge in [0.05, 0.1) is 24.9 Å². The topological polar surface area (TPSA) is 93.9 Å². The number of urea groups is 1. The number of hydrogen-bond acceptors (Lipinski definition) is 5. The van der Waals surface area contributed by atoms with Gasteiger partial charge in [0.1, 0.15) is 17.3 Å². The van der Waals surface area contributed by atoms with Crippen LogP contribution < -0.4 is 20.7 Å². The summed E-state index contributed by atoms with van der Waals surface area (Å²) >= 11 is 4.82. The monoisotopic (exact) mass is 385 g/mol. The number of ether oxygens (including phenoxy) is 2. The van der Waals surface area contributed by atoms with Gasteiger partial charge in [-0.05, 0) is 36.2 Å². The Balaban J connectivity index is 1.89. The highest BCUT2D eigenvalue weighted by Gasteiger charge is 2.26. The van der Waals surface area contributed by atoms with Crippen LogP contribution >= 0.6 is 12.2 Å². The van der Waals surface area contributed by atoms with Gasteiger partial charge in [-0.25, -0.2) is 9.59 Å². The number of anilines is 2. The summed E-state index contributed by atoms with van der Waals surface area (Å²) in [5.41, 5.74) is 8.97. The zero-order valence-electron chi connectivity index (χ0n) is 14.9. The van der Waals surface area contributed by atoms with Crippen LogP contribution in [-0.2, 0) is 11.3 Å². The molecule has 2 amide bonds. The minimum Gasteiger partial charge on any atom is -0.486 e. The van der Waals surface area contributed by atoms with Crippen LogP contribution in [0.3, 0.4) is 0 Å². The molecule has 0 bridgehead atoms. The van der Waals surface area contributed by atoms with Crippen LogP contribution in [0, 0.1) is 6.92 Å². The summed E-state index contributed by atoms with van der Waals surface area (Å²) in [6.07, 6.45) is 0. The van der Waals surface area contributed by atoms with E-state index in [-0.39, 0.29) is 17.6 Å². The molecule has 3 N–H and O–H groups in total. The average Bonchev–Trinajstić information content (AvgIpc) is 2.65. The smallest absolute Gasteiger partial charge is 0.337 e. The van der Waals surface area contributed by atoms with Crippen molar-refractivity contribution >= 4 is 40.6 Å². The number of nitrogens with zero attached hydrogens (tertiary/aromatic N) is 1. The molecule has 27 heavy (non-hydrogen) atoms. The summed E-state index contributed by atoms with van der Waals surface area (Å²) in [6.45, 7) is 2.40. The largest absolute Gasteiger partial charge is 0.486 e. The minimum atomic E-state index is -0.451. The molecule has 7 nitrogen and oxygen atoms in total. The van der Waals surface area contributed by atoms with Crippen molar-refractivity contribution in [3.63, 3.8) is 0 Å². The lowest BCUT2D eigenvalue weighted by atomic mass is 10.1. The number of amides is 2. The summed E-state index contributed by atoms with van der Waals surface area (Å²) < 4.78 is 10.3. The second kappa shape index (κ2) is 7.63. The van der Waals surface area contributed by atoms with E-state index >= 15 is 0 Å². The van der Waals surface area contributed by atoms with Gasteiger partial charge in [0, 0.05) is 11.8 Å². The highest BCUT2D eigenvalue weighted by molar-refractivity contribution is 7.80. The van der Waals surface area contributed by atoms with Gasteiger partial charge in [-0.1, -0.05) is 24.4 Å². The Labute approximate surface area is 162 Å². The van der Waals surface area contributed by atoms with Gasteiger partial charge in [0.15, 0.2) is 0 Å². The first-order valence-corrected chi connectivity index (χ1v) is 8.61. The van der Waals surface area contributed by atoms with E-state index in [2.05, 4.69) is 5.32 Å². The van der Waals surface area contributed by atoms with E-state index in [1.54, 1.807) is 35.2 Å². The molecule has 0 spiro atoms. The van der Waals surface area contributed by atoms with Crippen LogP contribution in [-0.4, -0.2) is 30.7 Å². The molecular formula is C19H19N3O4S. The van der Waals surface area contributed by atoms with Crippen molar-refractivity contribution in [3.8, 4) is 5.75 Å². The van der Waals surface area contributed by atoms with Gasteiger partial charge in [0.2, 0.25) is 0 Å². The van der Waals surface area contributed by atoms with Crippen LogP contribution in [0.1, 0.15) is 21.5 Å². The molecule has 1 aliphatic rings. The molecule has 2 aromatic rings. The molecule has 140 valence electrons. The van der Waals surface area contributed by atoms with Crippen LogP contribution in [0.2, 0.25) is 0 Å². The Morgan fingerprint density at radius 3 is 2.78 bits per heavy atom. The van der Waals surface area contributed by atoms with E-state index in [9.17, 15) is 9.59 Å². The highest BCUT2D eigenvalue weighted by Crippen LogP contribution is 2.32. The van der Waals surface area contributed by atoms with E-state index in [0.29, 0.717) is 23.5 Å². The van der Waals surface area contributed by atoms with Gasteiger partial charge in [0.25, 0.3) is 0 Å². The summed E-state index contributed by atoms with van der Waals surface area (Å²) in [7, 11) is 1.32. The lowest BCUT2D eigenvalue weighted by molar-refractivity contribution is 0.0600. The molecule has 0 unspecified atom stereocenters. The first-order valence-electron chi connectivity index (χ1n) is 8.20. The van der Waals surface area contributed by atoms with Crippen molar-refractivity contribution in [1.82, 2.24) is 0 Å². The fourth-order valence-corrected chi connectivity index (χ4v) is 2.88. The molecule has 0 fully saturated rings. The predicted molar refractivity (Wildman–Crippen MR) is 106 cm³/mol. The third-order valence-electron chi connectivity index (χ3n) is 4.20. The lowest BCUT2D eigenvalue weighted by Crippen LogP contribution is -2.39. The molecule has 0 saturated carbocycles. The highest BCUT2D eigenvalue weighted by atomic mass is 32.1. The van der Waals surface area contributed by atoms with Crippen molar-refractivity contribution < 1.29 is 19.1 Å². The number of methoxy groups -OCH3 is 1. The molecule has 1 heterocycles. The van der Waals surface area contributed by atoms with E-state index in [4.69, 9.17) is 27.4 Å². The number of carbonyl (C=O) groups excluding carboxylic acids is 2. The predicted octanol–water partition coefficient (Wildman–Crippen LogP) is 3.00. The number of nitrogens with two attached hydrogens (primary N) is 1. The normalized spacial score (nSPS) is 12.8. The second-order valence-corrected chi connectivity index (χ2v) is 6.61. The number of nitrogens with one attached hydrogen (secondary N) is 1. The van der Waals surface area contributed by atoms with Crippen molar-refractivity contribution in [3.05, 3.63) is 53.1 Å². The Kier molecular flexibility index (Phi) is 5.27. The second-order valence-electron chi connectivity index (χ2n) is 6.08. The Hall–Kier alpha value is -3.13. The number of rotatable bonds is 5. The molecule has 0 saturated heterocycles. The summed E-state index contributed by atoms with van der Waals surface area (Å²) in [5, 5.41) is 2.82. The number of fused-ring (bicyclic) bond motifs is 1. The SMILES string of the molecule is COC(=O)c1ccc2c(c1)NC(=O)N(c1cc(OCC(N)=S)ccc1C)C2. The number of benzene rings is 2. The van der Waals surface area contributed by atoms with E-state index in [1.807, 2.05) is 13.0 Å². The van der Waals surface area contributed by atoms with Crippen molar-refractivity contribution in [1.29, 1.82) is 0 Å². The number of esters is 1. The average molecular weight is 385 g/mol. The maximum atomic E-state index is 12.7. The molecule has 0 aliphatic carbocycles. The molecule has 8 heteroatoms. The van der Waals surface area contributed by atoms with Gasteiger partial charge >= 0.3 is 12.0 Å². The van der Waals surface area contributed by atoms with E-state index in [1.165, 1.54) is 7.11 Å². The quantitative estimate of drug-likeness (QED) is 0.607. The van der Waals surface area contributed by atoms with Gasteiger partial charge < -0.3 is 20.5 Å².